The molecule has 1 aliphatic heterocycles. The number of nitrogens with zero attached hydrogens (tertiary/aromatic N) is 1. The molecule has 1 aliphatic rings. The third-order valence-electron chi connectivity index (χ3n) is 4.74. The zero-order valence-electron chi connectivity index (χ0n) is 14.9. The van der Waals surface area contributed by atoms with E-state index in [-0.39, 0.29) is 24.9 Å². The van der Waals surface area contributed by atoms with Crippen LogP contribution in [0.3, 0.4) is 0 Å². The summed E-state index contributed by atoms with van der Waals surface area (Å²) in [7, 11) is 1.25. The minimum Gasteiger partial charge on any atom is -0.438 e. The topological polar surface area (TPSA) is 55.8 Å². The molecule has 1 heterocycles. The maximum atomic E-state index is 13.0. The molecule has 0 saturated carbocycles. The molecule has 0 unspecified atom stereocenters. The highest BCUT2D eigenvalue weighted by Crippen LogP contribution is 2.37. The number of fused-ring (bicyclic) bond motifs is 1. The first kappa shape index (κ1) is 19.5. The molecule has 0 N–H and O–H groups in total. The Bertz CT molecular complexity index is 851. The lowest BCUT2D eigenvalue weighted by Gasteiger charge is -2.39. The Balaban J connectivity index is 1.89. The third kappa shape index (κ3) is 4.04. The summed E-state index contributed by atoms with van der Waals surface area (Å²) in [6, 6.07) is 12.6. The molecule has 142 valence electrons. The van der Waals surface area contributed by atoms with Crippen molar-refractivity contribution in [2.24, 2.45) is 0 Å². The second-order valence-electron chi connectivity index (χ2n) is 6.29. The minimum absolute atomic E-state index is 0.0654. The van der Waals surface area contributed by atoms with Crippen LogP contribution in [0.2, 0.25) is 10.0 Å². The molecule has 27 heavy (non-hydrogen) atoms. The van der Waals surface area contributed by atoms with Crippen molar-refractivity contribution in [3.63, 3.8) is 0 Å². The van der Waals surface area contributed by atoms with Gasteiger partial charge in [0.05, 0.1) is 26.1 Å². The molecule has 5 nitrogen and oxygen atoms in total. The number of rotatable bonds is 3. The number of ether oxygens (including phenoxy) is 2. The number of halogens is 2. The summed E-state index contributed by atoms with van der Waals surface area (Å²) in [6.07, 6.45) is -1.32. The molecule has 3 rings (SSSR count). The second-order valence-corrected chi connectivity index (χ2v) is 7.10. The predicted octanol–water partition coefficient (Wildman–Crippen LogP) is 4.96. The van der Waals surface area contributed by atoms with Crippen molar-refractivity contribution in [3.05, 3.63) is 69.2 Å². The van der Waals surface area contributed by atoms with E-state index >= 15 is 0 Å². The van der Waals surface area contributed by atoms with Gasteiger partial charge in [-0.05, 0) is 35.7 Å². The van der Waals surface area contributed by atoms with Gasteiger partial charge in [0.1, 0.15) is 6.10 Å². The fraction of sp³-hybridized carbons (Fsp3) is 0.300. The van der Waals surface area contributed by atoms with Gasteiger partial charge in [0, 0.05) is 10.0 Å². The molecule has 0 fully saturated rings. The van der Waals surface area contributed by atoms with Crippen molar-refractivity contribution in [2.75, 3.05) is 13.7 Å². The molecule has 2 atom stereocenters. The van der Waals surface area contributed by atoms with E-state index in [2.05, 4.69) is 4.74 Å². The lowest BCUT2D eigenvalue weighted by molar-refractivity contribution is -0.135. The van der Waals surface area contributed by atoms with Crippen molar-refractivity contribution < 1.29 is 19.1 Å². The van der Waals surface area contributed by atoms with Gasteiger partial charge in [0.25, 0.3) is 0 Å². The van der Waals surface area contributed by atoms with Crippen molar-refractivity contribution >= 4 is 35.3 Å². The molecule has 0 aliphatic carbocycles. The Kier molecular flexibility index (Phi) is 5.92. The lowest BCUT2D eigenvalue weighted by atomic mass is 9.91. The maximum Gasteiger partial charge on any atom is 0.508 e. The van der Waals surface area contributed by atoms with Crippen LogP contribution in [0.1, 0.15) is 35.8 Å². The average molecular weight is 408 g/mol. The van der Waals surface area contributed by atoms with Gasteiger partial charge in [0.2, 0.25) is 5.91 Å². The molecule has 0 spiro atoms. The highest BCUT2D eigenvalue weighted by Gasteiger charge is 2.35. The van der Waals surface area contributed by atoms with Crippen LogP contribution in [0.15, 0.2) is 42.5 Å². The Morgan fingerprint density at radius 1 is 1.07 bits per heavy atom. The summed E-state index contributed by atoms with van der Waals surface area (Å²) in [4.78, 5) is 26.4. The van der Waals surface area contributed by atoms with Gasteiger partial charge in [-0.3, -0.25) is 4.79 Å². The maximum absolute atomic E-state index is 13.0. The average Bonchev–Trinajstić information content (AvgIpc) is 2.66. The van der Waals surface area contributed by atoms with Crippen LogP contribution in [0.25, 0.3) is 0 Å². The van der Waals surface area contributed by atoms with E-state index < -0.39 is 12.3 Å². The molecule has 2 aromatic carbocycles. The van der Waals surface area contributed by atoms with E-state index in [4.69, 9.17) is 27.9 Å². The van der Waals surface area contributed by atoms with E-state index in [9.17, 15) is 9.59 Å². The van der Waals surface area contributed by atoms with Gasteiger partial charge in [0.15, 0.2) is 0 Å². The molecule has 0 radical (unpaired) electrons. The highest BCUT2D eigenvalue weighted by molar-refractivity contribution is 6.36. The van der Waals surface area contributed by atoms with Crippen LogP contribution < -0.4 is 0 Å². The van der Waals surface area contributed by atoms with Gasteiger partial charge < -0.3 is 14.4 Å². The van der Waals surface area contributed by atoms with Crippen LogP contribution in [-0.4, -0.2) is 30.6 Å². The van der Waals surface area contributed by atoms with E-state index in [0.717, 1.165) is 11.1 Å². The number of hydrogen-bond donors (Lipinski definition) is 0. The van der Waals surface area contributed by atoms with E-state index in [0.29, 0.717) is 15.6 Å². The number of amides is 1. The standard InChI is InChI=1S/C20H19Cl2NO4/c1-12-13-6-3-4-7-14(13)18(27-20(25)26-2)11-23(12)19(24)10-15-16(21)8-5-9-17(15)22/h3-9,12,18H,10-11H2,1-2H3/t12-,18+/m0/s1. The quantitative estimate of drug-likeness (QED) is 0.674. The number of benzene rings is 2. The number of hydrogen-bond acceptors (Lipinski definition) is 4. The van der Waals surface area contributed by atoms with E-state index in [1.807, 2.05) is 31.2 Å². The molecule has 0 bridgehead atoms. The highest BCUT2D eigenvalue weighted by atomic mass is 35.5. The first-order chi connectivity index (χ1) is 12.9. The normalized spacial score (nSPS) is 18.6. The smallest absolute Gasteiger partial charge is 0.438 e. The largest absolute Gasteiger partial charge is 0.508 e. The van der Waals surface area contributed by atoms with Gasteiger partial charge in [-0.25, -0.2) is 4.79 Å². The first-order valence-electron chi connectivity index (χ1n) is 8.48. The van der Waals surface area contributed by atoms with Gasteiger partial charge >= 0.3 is 6.16 Å². The molecular weight excluding hydrogens is 389 g/mol. The monoisotopic (exact) mass is 407 g/mol. The van der Waals surface area contributed by atoms with Gasteiger partial charge in [-0.2, -0.15) is 0 Å². The Morgan fingerprint density at radius 2 is 1.70 bits per heavy atom. The van der Waals surface area contributed by atoms with Crippen LogP contribution in [-0.2, 0) is 20.7 Å². The summed E-state index contributed by atoms with van der Waals surface area (Å²) < 4.78 is 10.0. The fourth-order valence-corrected chi connectivity index (χ4v) is 3.86. The zero-order chi connectivity index (χ0) is 19.6. The van der Waals surface area contributed by atoms with E-state index in [1.54, 1.807) is 23.1 Å². The summed E-state index contributed by atoms with van der Waals surface area (Å²) in [5.74, 6) is -0.148. The van der Waals surface area contributed by atoms with Crippen molar-refractivity contribution in [1.29, 1.82) is 0 Å². The summed E-state index contributed by atoms with van der Waals surface area (Å²) in [5.41, 5.74) is 2.38. The summed E-state index contributed by atoms with van der Waals surface area (Å²) in [6.45, 7) is 2.17. The SMILES string of the molecule is COC(=O)O[C@@H]1CN(C(=O)Cc2c(Cl)cccc2Cl)[C@@H](C)c2ccccc21. The summed E-state index contributed by atoms with van der Waals surface area (Å²) in [5, 5.41) is 0.895. The minimum atomic E-state index is -0.786. The molecular formula is C20H19Cl2NO4. The third-order valence-corrected chi connectivity index (χ3v) is 5.45. The van der Waals surface area contributed by atoms with E-state index in [1.165, 1.54) is 7.11 Å². The second kappa shape index (κ2) is 8.19. The van der Waals surface area contributed by atoms with Gasteiger partial charge in [-0.15, -0.1) is 0 Å². The lowest BCUT2D eigenvalue weighted by Crippen LogP contribution is -2.42. The number of carbonyl (C=O) groups excluding carboxylic acids is 2. The Morgan fingerprint density at radius 3 is 2.33 bits per heavy atom. The van der Waals surface area contributed by atoms with Crippen LogP contribution in [0.4, 0.5) is 4.79 Å². The van der Waals surface area contributed by atoms with Gasteiger partial charge in [-0.1, -0.05) is 53.5 Å². The molecule has 2 aromatic rings. The molecule has 7 heteroatoms. The number of carbonyl (C=O) groups is 2. The molecule has 0 saturated heterocycles. The zero-order valence-corrected chi connectivity index (χ0v) is 16.5. The predicted molar refractivity (Wildman–Crippen MR) is 103 cm³/mol. The summed E-state index contributed by atoms with van der Waals surface area (Å²) >= 11 is 12.4. The van der Waals surface area contributed by atoms with Crippen molar-refractivity contribution in [1.82, 2.24) is 4.90 Å². The first-order valence-corrected chi connectivity index (χ1v) is 9.23. The molecule has 1 amide bonds. The number of methoxy groups -OCH3 is 1. The van der Waals surface area contributed by atoms with Crippen LogP contribution >= 0.6 is 23.2 Å². The van der Waals surface area contributed by atoms with Crippen LogP contribution in [0.5, 0.6) is 0 Å². The Hall–Kier alpha value is -2.24. The molecule has 0 aromatic heterocycles. The van der Waals surface area contributed by atoms with Crippen molar-refractivity contribution in [3.8, 4) is 0 Å². The van der Waals surface area contributed by atoms with Crippen LogP contribution in [0, 0.1) is 0 Å². The fourth-order valence-electron chi connectivity index (χ4n) is 3.32. The Labute approximate surface area is 167 Å². The van der Waals surface area contributed by atoms with Crippen molar-refractivity contribution in [2.45, 2.75) is 25.5 Å².